The number of ether oxygens (including phenoxy) is 1. The number of hydrogen-bond donors (Lipinski definition) is 1. The minimum Gasteiger partial charge on any atom is -0.481 e. The van der Waals surface area contributed by atoms with Gasteiger partial charge in [0.1, 0.15) is 5.75 Å². The summed E-state index contributed by atoms with van der Waals surface area (Å²) in [6, 6.07) is 17.5. The zero-order chi connectivity index (χ0) is 24.4. The molecule has 7 nitrogen and oxygen atoms in total. The number of anilines is 1. The summed E-state index contributed by atoms with van der Waals surface area (Å²) in [6.45, 7) is 0.982. The van der Waals surface area contributed by atoms with Crippen LogP contribution in [-0.4, -0.2) is 49.1 Å². The fourth-order valence-corrected chi connectivity index (χ4v) is 7.16. The highest BCUT2D eigenvalue weighted by atomic mass is 32.2. The molecule has 2 atom stereocenters. The van der Waals surface area contributed by atoms with Crippen LogP contribution in [0.5, 0.6) is 10.9 Å². The van der Waals surface area contributed by atoms with Gasteiger partial charge in [-0.2, -0.15) is 0 Å². The third kappa shape index (κ3) is 5.36. The first kappa shape index (κ1) is 23.8. The van der Waals surface area contributed by atoms with E-state index in [1.54, 1.807) is 0 Å². The van der Waals surface area contributed by atoms with E-state index in [2.05, 4.69) is 4.90 Å². The molecule has 5 rings (SSSR count). The smallest absolute Gasteiger partial charge is 0.307 e. The van der Waals surface area contributed by atoms with Gasteiger partial charge in [-0.3, -0.25) is 4.79 Å². The van der Waals surface area contributed by atoms with Gasteiger partial charge in [0.05, 0.1) is 28.0 Å². The molecule has 1 aromatic heterocycles. The second kappa shape index (κ2) is 9.99. The van der Waals surface area contributed by atoms with Crippen LogP contribution in [0.3, 0.4) is 0 Å². The van der Waals surface area contributed by atoms with Crippen LogP contribution in [0.4, 0.5) is 5.69 Å². The van der Waals surface area contributed by atoms with Gasteiger partial charge < -0.3 is 14.7 Å². The van der Waals surface area contributed by atoms with Crippen LogP contribution in [-0.2, 0) is 14.6 Å². The molecule has 0 bridgehead atoms. The van der Waals surface area contributed by atoms with Gasteiger partial charge in [-0.25, -0.2) is 13.4 Å². The van der Waals surface area contributed by atoms with Gasteiger partial charge in [0, 0.05) is 24.7 Å². The molecule has 2 heterocycles. The molecule has 0 amide bonds. The van der Waals surface area contributed by atoms with Gasteiger partial charge in [0.25, 0.3) is 5.19 Å². The zero-order valence-corrected chi connectivity index (χ0v) is 20.9. The molecule has 184 valence electrons. The Morgan fingerprint density at radius 3 is 2.37 bits per heavy atom. The van der Waals surface area contributed by atoms with Crippen LogP contribution in [0.25, 0.3) is 10.4 Å². The number of nitrogens with zero attached hydrogens (tertiary/aromatic N) is 2. The quantitative estimate of drug-likeness (QED) is 0.485. The molecule has 0 spiro atoms. The summed E-state index contributed by atoms with van der Waals surface area (Å²) in [7, 11) is -2.94. The predicted molar refractivity (Wildman–Crippen MR) is 137 cm³/mol. The summed E-state index contributed by atoms with van der Waals surface area (Å²) in [6.07, 6.45) is 3.35. The van der Waals surface area contributed by atoms with E-state index in [0.29, 0.717) is 30.5 Å². The van der Waals surface area contributed by atoms with Crippen LogP contribution in [0, 0.1) is 5.92 Å². The van der Waals surface area contributed by atoms with Gasteiger partial charge in [0.2, 0.25) is 0 Å². The van der Waals surface area contributed by atoms with Crippen molar-refractivity contribution in [3.05, 3.63) is 60.3 Å². The number of rotatable bonds is 6. The summed E-state index contributed by atoms with van der Waals surface area (Å²) >= 11 is 1.44. The Hall–Kier alpha value is -2.91. The summed E-state index contributed by atoms with van der Waals surface area (Å²) < 4.78 is 29.6. The zero-order valence-electron chi connectivity index (χ0n) is 19.3. The van der Waals surface area contributed by atoms with Crippen molar-refractivity contribution in [2.75, 3.05) is 29.5 Å². The molecule has 2 aliphatic rings. The van der Waals surface area contributed by atoms with Crippen molar-refractivity contribution in [1.29, 1.82) is 0 Å². The molecule has 1 aliphatic carbocycles. The molecule has 3 aromatic rings. The lowest BCUT2D eigenvalue weighted by Crippen LogP contribution is -2.40. The SMILES string of the molecule is O=C(O)[C@@H]1CCCC[C@H]1c1nc(Oc2ccccc2)sc1-c1ccc(N2CCS(=O)(=O)CC2)cc1. The van der Waals surface area contributed by atoms with E-state index in [4.69, 9.17) is 9.72 Å². The molecule has 2 fully saturated rings. The third-order valence-corrected chi connectivity index (χ3v) is 9.46. The Labute approximate surface area is 209 Å². The number of aliphatic carboxylic acids is 1. The molecule has 1 saturated carbocycles. The van der Waals surface area contributed by atoms with Crippen LogP contribution in [0.15, 0.2) is 54.6 Å². The largest absolute Gasteiger partial charge is 0.481 e. The number of thiazole rings is 1. The van der Waals surface area contributed by atoms with Gasteiger partial charge in [0.15, 0.2) is 9.84 Å². The van der Waals surface area contributed by atoms with E-state index < -0.39 is 21.7 Å². The molecule has 0 unspecified atom stereocenters. The highest BCUT2D eigenvalue weighted by molar-refractivity contribution is 7.91. The van der Waals surface area contributed by atoms with E-state index in [1.165, 1.54) is 11.3 Å². The summed E-state index contributed by atoms with van der Waals surface area (Å²) in [4.78, 5) is 19.9. The standard InChI is InChI=1S/C26H28N2O5S2/c29-25(30)22-9-5-4-8-21(22)23-24(34-26(27-23)33-20-6-2-1-3-7-20)18-10-12-19(13-11-18)28-14-16-35(31,32)17-15-28/h1-3,6-7,10-13,21-22H,4-5,8-9,14-17H2,(H,29,30)/t21-,22-/m1/s1. The van der Waals surface area contributed by atoms with Gasteiger partial charge in [-0.1, -0.05) is 54.5 Å². The maximum atomic E-state index is 12.0. The van der Waals surface area contributed by atoms with Crippen LogP contribution < -0.4 is 9.64 Å². The van der Waals surface area contributed by atoms with Crippen molar-refractivity contribution in [3.63, 3.8) is 0 Å². The van der Waals surface area contributed by atoms with Crippen molar-refractivity contribution in [1.82, 2.24) is 4.98 Å². The maximum Gasteiger partial charge on any atom is 0.307 e. The van der Waals surface area contributed by atoms with Crippen molar-refractivity contribution in [2.45, 2.75) is 31.6 Å². The molecule has 1 N–H and O–H groups in total. The van der Waals surface area contributed by atoms with Crippen molar-refractivity contribution in [2.24, 2.45) is 5.92 Å². The molecule has 1 aliphatic heterocycles. The van der Waals surface area contributed by atoms with Crippen LogP contribution in [0.1, 0.15) is 37.3 Å². The number of sulfone groups is 1. The highest BCUT2D eigenvalue weighted by Gasteiger charge is 2.36. The van der Waals surface area contributed by atoms with Crippen molar-refractivity contribution >= 4 is 32.8 Å². The Kier molecular flexibility index (Phi) is 6.80. The molecule has 35 heavy (non-hydrogen) atoms. The van der Waals surface area contributed by atoms with E-state index in [-0.39, 0.29) is 17.4 Å². The number of hydrogen-bond acceptors (Lipinski definition) is 7. The lowest BCUT2D eigenvalue weighted by molar-refractivity contribution is -0.143. The number of benzene rings is 2. The minimum atomic E-state index is -2.94. The molecular weight excluding hydrogens is 484 g/mol. The van der Waals surface area contributed by atoms with E-state index >= 15 is 0 Å². The summed E-state index contributed by atoms with van der Waals surface area (Å²) in [5.41, 5.74) is 2.74. The van der Waals surface area contributed by atoms with Gasteiger partial charge in [-0.05, 0) is 42.7 Å². The van der Waals surface area contributed by atoms with Gasteiger partial charge >= 0.3 is 5.97 Å². The number of carboxylic acids is 1. The maximum absolute atomic E-state index is 12.0. The Morgan fingerprint density at radius 2 is 1.69 bits per heavy atom. The average Bonchev–Trinajstić information content (AvgIpc) is 3.28. The van der Waals surface area contributed by atoms with E-state index in [0.717, 1.165) is 41.1 Å². The second-order valence-electron chi connectivity index (χ2n) is 9.13. The normalized spacial score (nSPS) is 22.0. The second-order valence-corrected chi connectivity index (χ2v) is 12.4. The summed E-state index contributed by atoms with van der Waals surface area (Å²) in [5, 5.41) is 10.4. The predicted octanol–water partition coefficient (Wildman–Crippen LogP) is 5.20. The Balaban J connectivity index is 1.47. The first-order valence-corrected chi connectivity index (χ1v) is 14.6. The molecule has 0 radical (unpaired) electrons. The van der Waals surface area contributed by atoms with Crippen LogP contribution >= 0.6 is 11.3 Å². The number of carbonyl (C=O) groups is 1. The average molecular weight is 513 g/mol. The Morgan fingerprint density at radius 1 is 1.00 bits per heavy atom. The first-order chi connectivity index (χ1) is 16.9. The Bertz CT molecular complexity index is 1280. The molecule has 9 heteroatoms. The van der Waals surface area contributed by atoms with Crippen molar-refractivity contribution < 1.29 is 23.1 Å². The number of para-hydroxylation sites is 1. The highest BCUT2D eigenvalue weighted by Crippen LogP contribution is 2.46. The monoisotopic (exact) mass is 512 g/mol. The van der Waals surface area contributed by atoms with Crippen LogP contribution in [0.2, 0.25) is 0 Å². The fourth-order valence-electron chi connectivity index (χ4n) is 4.95. The molecular formula is C26H28N2O5S2. The number of carboxylic acid groups (broad SMARTS) is 1. The summed E-state index contributed by atoms with van der Waals surface area (Å²) in [5.74, 6) is -0.350. The molecule has 2 aromatic carbocycles. The topological polar surface area (TPSA) is 96.8 Å². The fraction of sp³-hybridized carbons (Fsp3) is 0.385. The third-order valence-electron chi connectivity index (χ3n) is 6.86. The lowest BCUT2D eigenvalue weighted by atomic mass is 9.77. The van der Waals surface area contributed by atoms with E-state index in [9.17, 15) is 18.3 Å². The number of aromatic nitrogens is 1. The van der Waals surface area contributed by atoms with Crippen molar-refractivity contribution in [3.8, 4) is 21.4 Å². The van der Waals surface area contributed by atoms with E-state index in [1.807, 2.05) is 54.6 Å². The lowest BCUT2D eigenvalue weighted by Gasteiger charge is -2.29. The van der Waals surface area contributed by atoms with Gasteiger partial charge in [-0.15, -0.1) is 0 Å². The molecule has 1 saturated heterocycles. The minimum absolute atomic E-state index is 0.160. The first-order valence-electron chi connectivity index (χ1n) is 11.9.